The molecule has 1 rings (SSSR count). The molecule has 0 spiro atoms. The van der Waals surface area contributed by atoms with Crippen molar-refractivity contribution >= 4 is 0 Å². The molecule has 0 radical (unpaired) electrons. The van der Waals surface area contributed by atoms with Crippen molar-refractivity contribution in [1.29, 1.82) is 0 Å². The summed E-state index contributed by atoms with van der Waals surface area (Å²) in [7, 11) is 0. The van der Waals surface area contributed by atoms with Crippen molar-refractivity contribution in [2.75, 3.05) is 19.6 Å². The smallest absolute Gasteiger partial charge is 0.0524 e. The number of hydrogen-bond donors (Lipinski definition) is 2. The van der Waals surface area contributed by atoms with Gasteiger partial charge in [0, 0.05) is 19.1 Å². The Morgan fingerprint density at radius 3 is 2.86 bits per heavy atom. The summed E-state index contributed by atoms with van der Waals surface area (Å²) in [5.41, 5.74) is 5.76. The summed E-state index contributed by atoms with van der Waals surface area (Å²) in [5.74, 6) is 0.811. The normalized spacial score (nSPS) is 31.7. The minimum absolute atomic E-state index is 0.187. The van der Waals surface area contributed by atoms with Crippen molar-refractivity contribution in [3.8, 4) is 0 Å². The molecule has 14 heavy (non-hydrogen) atoms. The van der Waals surface area contributed by atoms with E-state index >= 15 is 0 Å². The third-order valence-corrected chi connectivity index (χ3v) is 3.21. The zero-order valence-corrected chi connectivity index (χ0v) is 9.45. The molecule has 3 unspecified atom stereocenters. The van der Waals surface area contributed by atoms with Crippen LogP contribution < -0.4 is 5.73 Å². The van der Waals surface area contributed by atoms with E-state index in [4.69, 9.17) is 5.73 Å². The third-order valence-electron chi connectivity index (χ3n) is 3.21. The molecule has 84 valence electrons. The van der Waals surface area contributed by atoms with Crippen LogP contribution in [0.1, 0.15) is 33.1 Å². The maximum absolute atomic E-state index is 9.24. The van der Waals surface area contributed by atoms with Crippen molar-refractivity contribution < 1.29 is 5.11 Å². The average Bonchev–Trinajstić information content (AvgIpc) is 2.15. The van der Waals surface area contributed by atoms with Gasteiger partial charge in [0.05, 0.1) is 6.10 Å². The second-order valence-corrected chi connectivity index (χ2v) is 4.69. The molecule has 1 saturated heterocycles. The Kier molecular flexibility index (Phi) is 4.85. The number of likely N-dealkylation sites (tertiary alicyclic amines) is 1. The predicted molar refractivity (Wildman–Crippen MR) is 59.1 cm³/mol. The zero-order valence-electron chi connectivity index (χ0n) is 9.45. The quantitative estimate of drug-likeness (QED) is 0.706. The van der Waals surface area contributed by atoms with Crippen LogP contribution in [0.5, 0.6) is 0 Å². The van der Waals surface area contributed by atoms with Gasteiger partial charge in [0.15, 0.2) is 0 Å². The van der Waals surface area contributed by atoms with Gasteiger partial charge in [-0.3, -0.25) is 4.90 Å². The lowest BCUT2D eigenvalue weighted by atomic mass is 9.92. The van der Waals surface area contributed by atoms with Crippen molar-refractivity contribution in [2.24, 2.45) is 11.7 Å². The number of aliphatic hydroxyl groups excluding tert-OH is 1. The van der Waals surface area contributed by atoms with Crippen LogP contribution in [0.15, 0.2) is 0 Å². The monoisotopic (exact) mass is 200 g/mol. The largest absolute Gasteiger partial charge is 0.393 e. The zero-order chi connectivity index (χ0) is 10.6. The van der Waals surface area contributed by atoms with E-state index in [-0.39, 0.29) is 6.10 Å². The van der Waals surface area contributed by atoms with Crippen LogP contribution in [0, 0.1) is 5.92 Å². The van der Waals surface area contributed by atoms with Gasteiger partial charge >= 0.3 is 0 Å². The molecule has 0 bridgehead atoms. The SMILES string of the molecule is CC(O)CCN1CCC(C)CC1CN. The second kappa shape index (κ2) is 5.69. The summed E-state index contributed by atoms with van der Waals surface area (Å²) in [4.78, 5) is 2.44. The molecule has 0 aromatic carbocycles. The molecule has 3 atom stereocenters. The first-order chi connectivity index (χ1) is 6.63. The lowest BCUT2D eigenvalue weighted by molar-refractivity contribution is 0.0955. The maximum atomic E-state index is 9.24. The Hall–Kier alpha value is -0.120. The van der Waals surface area contributed by atoms with Crippen molar-refractivity contribution in [2.45, 2.75) is 45.3 Å². The molecule has 0 saturated carbocycles. The highest BCUT2D eigenvalue weighted by molar-refractivity contribution is 4.80. The number of hydrogen-bond acceptors (Lipinski definition) is 3. The number of rotatable bonds is 4. The highest BCUT2D eigenvalue weighted by atomic mass is 16.3. The molecule has 1 fully saturated rings. The first-order valence-corrected chi connectivity index (χ1v) is 5.75. The summed E-state index contributed by atoms with van der Waals surface area (Å²) in [6, 6.07) is 0.539. The fraction of sp³-hybridized carbons (Fsp3) is 1.00. The molecule has 1 heterocycles. The van der Waals surface area contributed by atoms with Gasteiger partial charge in [-0.2, -0.15) is 0 Å². The number of piperidine rings is 1. The molecule has 0 aromatic rings. The first-order valence-electron chi connectivity index (χ1n) is 5.75. The Labute approximate surface area is 87.3 Å². The lowest BCUT2D eigenvalue weighted by Crippen LogP contribution is -2.46. The van der Waals surface area contributed by atoms with E-state index in [9.17, 15) is 5.11 Å². The van der Waals surface area contributed by atoms with Crippen LogP contribution in [-0.2, 0) is 0 Å². The molecule has 0 aromatic heterocycles. The standard InChI is InChI=1S/C11H24N2O/c1-9-3-5-13(6-4-10(2)14)11(7-9)8-12/h9-11,14H,3-8,12H2,1-2H3. The van der Waals surface area contributed by atoms with E-state index in [0.717, 1.165) is 32.0 Å². The van der Waals surface area contributed by atoms with E-state index in [2.05, 4.69) is 11.8 Å². The van der Waals surface area contributed by atoms with E-state index in [1.165, 1.54) is 12.8 Å². The van der Waals surface area contributed by atoms with Crippen LogP contribution >= 0.6 is 0 Å². The molecular weight excluding hydrogens is 176 g/mol. The van der Waals surface area contributed by atoms with Gasteiger partial charge < -0.3 is 10.8 Å². The first kappa shape index (κ1) is 12.0. The summed E-state index contributed by atoms with van der Waals surface area (Å²) in [5, 5.41) is 9.24. The molecule has 0 amide bonds. The van der Waals surface area contributed by atoms with E-state index in [0.29, 0.717) is 6.04 Å². The Morgan fingerprint density at radius 2 is 2.29 bits per heavy atom. The molecule has 3 N–H and O–H groups in total. The molecule has 3 nitrogen and oxygen atoms in total. The molecule has 3 heteroatoms. The van der Waals surface area contributed by atoms with Crippen LogP contribution in [0.2, 0.25) is 0 Å². The summed E-state index contributed by atoms with van der Waals surface area (Å²) >= 11 is 0. The summed E-state index contributed by atoms with van der Waals surface area (Å²) in [6.07, 6.45) is 3.17. The van der Waals surface area contributed by atoms with Gasteiger partial charge in [0.2, 0.25) is 0 Å². The molecular formula is C11H24N2O. The second-order valence-electron chi connectivity index (χ2n) is 4.69. The van der Waals surface area contributed by atoms with Crippen LogP contribution in [-0.4, -0.2) is 41.8 Å². The Balaban J connectivity index is 2.34. The topological polar surface area (TPSA) is 49.5 Å². The highest BCUT2D eigenvalue weighted by Gasteiger charge is 2.24. The summed E-state index contributed by atoms with van der Waals surface area (Å²) < 4.78 is 0. The van der Waals surface area contributed by atoms with E-state index in [1.54, 1.807) is 0 Å². The summed E-state index contributed by atoms with van der Waals surface area (Å²) in [6.45, 7) is 7.05. The predicted octanol–water partition coefficient (Wildman–Crippen LogP) is 0.817. The van der Waals surface area contributed by atoms with E-state index in [1.807, 2.05) is 6.92 Å². The van der Waals surface area contributed by atoms with Crippen LogP contribution in [0.25, 0.3) is 0 Å². The number of nitrogens with two attached hydrogens (primary N) is 1. The average molecular weight is 200 g/mol. The fourth-order valence-electron chi connectivity index (χ4n) is 2.19. The van der Waals surface area contributed by atoms with Crippen LogP contribution in [0.3, 0.4) is 0 Å². The lowest BCUT2D eigenvalue weighted by Gasteiger charge is -2.38. The van der Waals surface area contributed by atoms with Gasteiger partial charge in [-0.15, -0.1) is 0 Å². The maximum Gasteiger partial charge on any atom is 0.0524 e. The van der Waals surface area contributed by atoms with Crippen molar-refractivity contribution in [1.82, 2.24) is 4.90 Å². The van der Waals surface area contributed by atoms with Gasteiger partial charge in [0.25, 0.3) is 0 Å². The van der Waals surface area contributed by atoms with Gasteiger partial charge in [-0.1, -0.05) is 6.92 Å². The molecule has 0 aliphatic carbocycles. The molecule has 1 aliphatic rings. The Morgan fingerprint density at radius 1 is 1.57 bits per heavy atom. The van der Waals surface area contributed by atoms with Gasteiger partial charge in [0.1, 0.15) is 0 Å². The Bertz CT molecular complexity index is 161. The van der Waals surface area contributed by atoms with Crippen LogP contribution in [0.4, 0.5) is 0 Å². The van der Waals surface area contributed by atoms with Crippen molar-refractivity contribution in [3.05, 3.63) is 0 Å². The minimum Gasteiger partial charge on any atom is -0.393 e. The fourth-order valence-corrected chi connectivity index (χ4v) is 2.19. The van der Waals surface area contributed by atoms with E-state index < -0.39 is 0 Å². The third kappa shape index (κ3) is 3.56. The van der Waals surface area contributed by atoms with Gasteiger partial charge in [-0.25, -0.2) is 0 Å². The number of aliphatic hydroxyl groups is 1. The number of nitrogens with zero attached hydrogens (tertiary/aromatic N) is 1. The van der Waals surface area contributed by atoms with Crippen molar-refractivity contribution in [3.63, 3.8) is 0 Å². The van der Waals surface area contributed by atoms with Gasteiger partial charge in [-0.05, 0) is 38.6 Å². The minimum atomic E-state index is -0.187. The molecule has 1 aliphatic heterocycles. The highest BCUT2D eigenvalue weighted by Crippen LogP contribution is 2.21.